The molecule has 3 aromatic rings. The van der Waals surface area contributed by atoms with Crippen LogP contribution in [0.25, 0.3) is 0 Å². The summed E-state index contributed by atoms with van der Waals surface area (Å²) in [6, 6.07) is 15.2. The fraction of sp³-hybridized carbons (Fsp3) is 0.273. The van der Waals surface area contributed by atoms with Crippen LogP contribution in [0.4, 0.5) is 0 Å². The molecule has 8 heteroatoms. The molecule has 3 atom stereocenters. The van der Waals surface area contributed by atoms with E-state index in [4.69, 9.17) is 37.4 Å². The summed E-state index contributed by atoms with van der Waals surface area (Å²) in [6.07, 6.45) is 5.84. The minimum Gasteiger partial charge on any atom is -0.491 e. The van der Waals surface area contributed by atoms with Crippen molar-refractivity contribution in [3.05, 3.63) is 94.7 Å². The Morgan fingerprint density at radius 2 is 2.10 bits per heavy atom. The number of rotatable bonds is 7. The standard InChI is InChI=1S/C22H21Cl2N3O3/c1-2-10-28-21(16-6-4-3-5-7-16)20-12-29-22(30-20,13-27-15-25-14-26-27)18-9-8-17(23)11-19(18)24/h2-11,14-15,20-21H,12-13H2,1H3/b10-2-. The van der Waals surface area contributed by atoms with Crippen LogP contribution in [-0.4, -0.2) is 27.5 Å². The summed E-state index contributed by atoms with van der Waals surface area (Å²) in [5.74, 6) is -1.16. The van der Waals surface area contributed by atoms with E-state index in [1.165, 1.54) is 6.33 Å². The van der Waals surface area contributed by atoms with E-state index in [1.807, 2.05) is 49.4 Å². The van der Waals surface area contributed by atoms with E-state index >= 15 is 0 Å². The molecule has 1 fully saturated rings. The smallest absolute Gasteiger partial charge is 0.217 e. The van der Waals surface area contributed by atoms with Gasteiger partial charge in [-0.1, -0.05) is 65.7 Å². The number of aromatic nitrogens is 3. The third kappa shape index (κ3) is 4.37. The van der Waals surface area contributed by atoms with Crippen molar-refractivity contribution in [1.82, 2.24) is 14.8 Å². The van der Waals surface area contributed by atoms with Crippen LogP contribution in [0, 0.1) is 0 Å². The molecule has 1 saturated heterocycles. The molecule has 0 aliphatic carbocycles. The molecule has 0 spiro atoms. The summed E-state index contributed by atoms with van der Waals surface area (Å²) in [4.78, 5) is 4.02. The van der Waals surface area contributed by atoms with Gasteiger partial charge in [-0.2, -0.15) is 5.10 Å². The summed E-state index contributed by atoms with van der Waals surface area (Å²) in [5.41, 5.74) is 1.66. The van der Waals surface area contributed by atoms with Gasteiger partial charge in [0.25, 0.3) is 0 Å². The molecule has 0 bridgehead atoms. The fourth-order valence-electron chi connectivity index (χ4n) is 3.50. The van der Waals surface area contributed by atoms with Crippen molar-refractivity contribution < 1.29 is 14.2 Å². The number of hydrogen-bond acceptors (Lipinski definition) is 5. The van der Waals surface area contributed by atoms with E-state index in [9.17, 15) is 0 Å². The average Bonchev–Trinajstić information content (AvgIpc) is 3.40. The normalized spacial score (nSPS) is 22.4. The first-order chi connectivity index (χ1) is 14.6. The lowest BCUT2D eigenvalue weighted by Gasteiger charge is -2.30. The topological polar surface area (TPSA) is 58.4 Å². The summed E-state index contributed by atoms with van der Waals surface area (Å²) in [5, 5.41) is 5.20. The van der Waals surface area contributed by atoms with E-state index in [-0.39, 0.29) is 18.8 Å². The molecule has 0 N–H and O–H groups in total. The van der Waals surface area contributed by atoms with Gasteiger partial charge in [-0.15, -0.1) is 0 Å². The molecule has 0 amide bonds. The quantitative estimate of drug-likeness (QED) is 0.470. The molecule has 30 heavy (non-hydrogen) atoms. The monoisotopic (exact) mass is 445 g/mol. The number of halogens is 2. The van der Waals surface area contributed by atoms with Crippen LogP contribution < -0.4 is 0 Å². The molecule has 2 aromatic carbocycles. The molecule has 1 aliphatic heterocycles. The third-order valence-corrected chi connectivity index (χ3v) is 5.38. The Bertz CT molecular complexity index is 998. The van der Waals surface area contributed by atoms with E-state index < -0.39 is 5.79 Å². The van der Waals surface area contributed by atoms with Gasteiger partial charge in [0.05, 0.1) is 17.9 Å². The maximum absolute atomic E-state index is 6.55. The first-order valence-corrected chi connectivity index (χ1v) is 10.3. The molecule has 2 heterocycles. The molecule has 156 valence electrons. The Morgan fingerprint density at radius 3 is 2.80 bits per heavy atom. The lowest BCUT2D eigenvalue weighted by molar-refractivity contribution is -0.198. The van der Waals surface area contributed by atoms with Crippen molar-refractivity contribution in [2.75, 3.05) is 6.61 Å². The molecular formula is C22H21Cl2N3O3. The minimum absolute atomic E-state index is 0.274. The van der Waals surface area contributed by atoms with Gasteiger partial charge in [-0.05, 0) is 24.6 Å². The molecule has 6 nitrogen and oxygen atoms in total. The predicted molar refractivity (Wildman–Crippen MR) is 114 cm³/mol. The maximum atomic E-state index is 6.55. The van der Waals surface area contributed by atoms with Gasteiger partial charge in [0.1, 0.15) is 25.3 Å². The number of hydrogen-bond donors (Lipinski definition) is 0. The predicted octanol–water partition coefficient (Wildman–Crippen LogP) is 5.14. The lowest BCUT2D eigenvalue weighted by Crippen LogP contribution is -2.35. The molecular weight excluding hydrogens is 425 g/mol. The first-order valence-electron chi connectivity index (χ1n) is 9.52. The Hall–Kier alpha value is -2.38. The Kier molecular flexibility index (Phi) is 6.39. The average molecular weight is 446 g/mol. The number of ether oxygens (including phenoxy) is 3. The molecule has 3 unspecified atom stereocenters. The van der Waals surface area contributed by atoms with Gasteiger partial charge in [0, 0.05) is 10.6 Å². The van der Waals surface area contributed by atoms with Crippen molar-refractivity contribution in [3.8, 4) is 0 Å². The van der Waals surface area contributed by atoms with Gasteiger partial charge in [-0.25, -0.2) is 9.67 Å². The second kappa shape index (κ2) is 9.18. The van der Waals surface area contributed by atoms with Gasteiger partial charge in [0.2, 0.25) is 5.79 Å². The van der Waals surface area contributed by atoms with E-state index in [0.29, 0.717) is 22.2 Å². The van der Waals surface area contributed by atoms with Gasteiger partial charge < -0.3 is 14.2 Å². The van der Waals surface area contributed by atoms with Crippen molar-refractivity contribution in [3.63, 3.8) is 0 Å². The maximum Gasteiger partial charge on any atom is 0.217 e. The largest absolute Gasteiger partial charge is 0.491 e. The minimum atomic E-state index is -1.16. The number of benzene rings is 2. The van der Waals surface area contributed by atoms with Crippen LogP contribution in [0.2, 0.25) is 10.0 Å². The highest BCUT2D eigenvalue weighted by Gasteiger charge is 2.48. The van der Waals surface area contributed by atoms with Crippen LogP contribution >= 0.6 is 23.2 Å². The van der Waals surface area contributed by atoms with Crippen LogP contribution in [0.5, 0.6) is 0 Å². The number of allylic oxidation sites excluding steroid dienone is 1. The van der Waals surface area contributed by atoms with E-state index in [2.05, 4.69) is 10.1 Å². The van der Waals surface area contributed by atoms with Crippen molar-refractivity contribution in [2.24, 2.45) is 0 Å². The van der Waals surface area contributed by atoms with E-state index in [0.717, 1.165) is 5.56 Å². The zero-order valence-corrected chi connectivity index (χ0v) is 17.8. The molecule has 0 saturated carbocycles. The van der Waals surface area contributed by atoms with Gasteiger partial charge in [-0.3, -0.25) is 0 Å². The van der Waals surface area contributed by atoms with Crippen LogP contribution in [0.15, 0.2) is 73.5 Å². The summed E-state index contributed by atoms with van der Waals surface area (Å²) in [6.45, 7) is 2.48. The van der Waals surface area contributed by atoms with Crippen LogP contribution in [0.1, 0.15) is 24.2 Å². The highest BCUT2D eigenvalue weighted by Crippen LogP contribution is 2.43. The Morgan fingerprint density at radius 1 is 1.27 bits per heavy atom. The summed E-state index contributed by atoms with van der Waals surface area (Å²) in [7, 11) is 0. The second-order valence-corrected chi connectivity index (χ2v) is 7.72. The highest BCUT2D eigenvalue weighted by molar-refractivity contribution is 6.35. The number of nitrogens with zero attached hydrogens (tertiary/aromatic N) is 3. The highest BCUT2D eigenvalue weighted by atomic mass is 35.5. The molecule has 1 aromatic heterocycles. The lowest BCUT2D eigenvalue weighted by atomic mass is 10.0. The van der Waals surface area contributed by atoms with E-state index in [1.54, 1.807) is 29.4 Å². The van der Waals surface area contributed by atoms with Crippen LogP contribution in [0.3, 0.4) is 0 Å². The van der Waals surface area contributed by atoms with Crippen molar-refractivity contribution in [1.29, 1.82) is 0 Å². The summed E-state index contributed by atoms with van der Waals surface area (Å²) < 4.78 is 20.5. The first kappa shape index (κ1) is 20.9. The SMILES string of the molecule is C/C=C\OC(c1ccccc1)C1COC(Cn2cncn2)(c2ccc(Cl)cc2Cl)O1. The Balaban J connectivity index is 1.70. The zero-order valence-electron chi connectivity index (χ0n) is 16.3. The third-order valence-electron chi connectivity index (χ3n) is 4.83. The van der Waals surface area contributed by atoms with Crippen molar-refractivity contribution in [2.45, 2.75) is 31.5 Å². The molecule has 0 radical (unpaired) electrons. The summed E-state index contributed by atoms with van der Waals surface area (Å²) >= 11 is 12.6. The van der Waals surface area contributed by atoms with Crippen molar-refractivity contribution >= 4 is 23.2 Å². The zero-order chi connectivity index (χ0) is 21.0. The second-order valence-electron chi connectivity index (χ2n) is 6.87. The van der Waals surface area contributed by atoms with Crippen LogP contribution in [-0.2, 0) is 26.5 Å². The molecule has 4 rings (SSSR count). The Labute approximate surface area is 185 Å². The van der Waals surface area contributed by atoms with Gasteiger partial charge >= 0.3 is 0 Å². The van der Waals surface area contributed by atoms with Gasteiger partial charge in [0.15, 0.2) is 6.10 Å². The molecule has 1 aliphatic rings. The fourth-order valence-corrected chi connectivity index (χ4v) is 4.05.